The Balaban J connectivity index is 3.26. The highest BCUT2D eigenvalue weighted by Crippen LogP contribution is 2.32. The summed E-state index contributed by atoms with van der Waals surface area (Å²) >= 11 is 2.92. The second-order valence-electron chi connectivity index (χ2n) is 2.86. The summed E-state index contributed by atoms with van der Waals surface area (Å²) < 4.78 is 26.5. The van der Waals surface area contributed by atoms with Gasteiger partial charge < -0.3 is 5.73 Å². The molecule has 7 heteroatoms. The van der Waals surface area contributed by atoms with E-state index in [1.54, 1.807) is 0 Å². The Labute approximate surface area is 92.4 Å². The van der Waals surface area contributed by atoms with E-state index in [-0.39, 0.29) is 4.47 Å². The molecule has 1 aromatic carbocycles. The Morgan fingerprint density at radius 3 is 2.53 bits per heavy atom. The maximum absolute atomic E-state index is 13.1. The van der Waals surface area contributed by atoms with Crippen LogP contribution in [0.15, 0.2) is 22.7 Å². The SMILES string of the molecule is NCC(F)(F)c1cc(Br)cc([N+](=O)[O-])c1. The number of non-ortho nitro benzene ring substituents is 1. The molecule has 4 nitrogen and oxygen atoms in total. The van der Waals surface area contributed by atoms with Crippen molar-refractivity contribution in [3.63, 3.8) is 0 Å². The predicted octanol–water partition coefficient (Wildman–Crippen LogP) is 2.41. The zero-order valence-corrected chi connectivity index (χ0v) is 9.00. The number of nitro groups is 1. The molecule has 0 aliphatic heterocycles. The van der Waals surface area contributed by atoms with E-state index in [0.717, 1.165) is 18.2 Å². The summed E-state index contributed by atoms with van der Waals surface area (Å²) in [5.41, 5.74) is 4.02. The predicted molar refractivity (Wildman–Crippen MR) is 53.7 cm³/mol. The number of hydrogen-bond donors (Lipinski definition) is 1. The Hall–Kier alpha value is -1.08. The molecule has 1 rings (SSSR count). The molecule has 0 aliphatic carbocycles. The minimum absolute atomic E-state index is 0.222. The van der Waals surface area contributed by atoms with Crippen molar-refractivity contribution in [2.45, 2.75) is 5.92 Å². The van der Waals surface area contributed by atoms with Crippen LogP contribution in [-0.4, -0.2) is 11.5 Å². The number of alkyl halides is 2. The molecule has 0 saturated heterocycles. The zero-order valence-electron chi connectivity index (χ0n) is 7.41. The van der Waals surface area contributed by atoms with Crippen LogP contribution in [0.4, 0.5) is 14.5 Å². The number of hydrogen-bond acceptors (Lipinski definition) is 3. The van der Waals surface area contributed by atoms with Gasteiger partial charge in [-0.1, -0.05) is 15.9 Å². The normalized spacial score (nSPS) is 11.5. The van der Waals surface area contributed by atoms with Gasteiger partial charge in [0.05, 0.1) is 11.5 Å². The highest BCUT2D eigenvalue weighted by molar-refractivity contribution is 9.10. The van der Waals surface area contributed by atoms with Crippen LogP contribution in [0.2, 0.25) is 0 Å². The van der Waals surface area contributed by atoms with Crippen molar-refractivity contribution in [2.24, 2.45) is 5.73 Å². The van der Waals surface area contributed by atoms with Crippen LogP contribution in [0.25, 0.3) is 0 Å². The Morgan fingerprint density at radius 2 is 2.07 bits per heavy atom. The highest BCUT2D eigenvalue weighted by atomic mass is 79.9. The number of nitro benzene ring substituents is 1. The summed E-state index contributed by atoms with van der Waals surface area (Å²) in [5, 5.41) is 10.4. The van der Waals surface area contributed by atoms with E-state index >= 15 is 0 Å². The second kappa shape index (κ2) is 4.19. The largest absolute Gasteiger partial charge is 0.325 e. The number of halogens is 3. The number of benzene rings is 1. The van der Waals surface area contributed by atoms with E-state index < -0.39 is 28.6 Å². The molecule has 2 N–H and O–H groups in total. The lowest BCUT2D eigenvalue weighted by atomic mass is 10.1. The molecule has 0 unspecified atom stereocenters. The zero-order chi connectivity index (χ0) is 11.6. The van der Waals surface area contributed by atoms with Crippen LogP contribution in [0.1, 0.15) is 5.56 Å². The fourth-order valence-electron chi connectivity index (χ4n) is 1.01. The van der Waals surface area contributed by atoms with E-state index in [1.165, 1.54) is 0 Å². The first-order valence-corrected chi connectivity index (χ1v) is 4.69. The summed E-state index contributed by atoms with van der Waals surface area (Å²) in [6.45, 7) is -0.888. The van der Waals surface area contributed by atoms with E-state index in [9.17, 15) is 18.9 Å². The lowest BCUT2D eigenvalue weighted by molar-refractivity contribution is -0.385. The first kappa shape index (κ1) is 12.0. The van der Waals surface area contributed by atoms with Gasteiger partial charge in [-0.05, 0) is 6.07 Å². The summed E-state index contributed by atoms with van der Waals surface area (Å²) in [5.74, 6) is -3.26. The molecular weight excluding hydrogens is 274 g/mol. The van der Waals surface area contributed by atoms with Crippen LogP contribution in [0.5, 0.6) is 0 Å². The summed E-state index contributed by atoms with van der Waals surface area (Å²) in [7, 11) is 0. The summed E-state index contributed by atoms with van der Waals surface area (Å²) in [4.78, 5) is 9.69. The molecule has 15 heavy (non-hydrogen) atoms. The van der Waals surface area contributed by atoms with Crippen molar-refractivity contribution >= 4 is 21.6 Å². The van der Waals surface area contributed by atoms with Crippen molar-refractivity contribution in [3.8, 4) is 0 Å². The molecule has 0 aliphatic rings. The number of nitrogens with zero attached hydrogens (tertiary/aromatic N) is 1. The van der Waals surface area contributed by atoms with Crippen molar-refractivity contribution in [2.75, 3.05) is 6.54 Å². The molecule has 82 valence electrons. The van der Waals surface area contributed by atoms with Gasteiger partial charge in [-0.3, -0.25) is 10.1 Å². The lowest BCUT2D eigenvalue weighted by Gasteiger charge is -2.13. The minimum atomic E-state index is -3.26. The Morgan fingerprint density at radius 1 is 1.47 bits per heavy atom. The van der Waals surface area contributed by atoms with Crippen molar-refractivity contribution in [1.29, 1.82) is 0 Å². The summed E-state index contributed by atoms with van der Waals surface area (Å²) in [6, 6.07) is 3.08. The average Bonchev–Trinajstić information content (AvgIpc) is 2.16. The first-order chi connectivity index (χ1) is 6.86. The lowest BCUT2D eigenvalue weighted by Crippen LogP contribution is -2.25. The number of nitrogens with two attached hydrogens (primary N) is 1. The van der Waals surface area contributed by atoms with Gasteiger partial charge in [0.1, 0.15) is 0 Å². The summed E-state index contributed by atoms with van der Waals surface area (Å²) in [6.07, 6.45) is 0. The monoisotopic (exact) mass is 280 g/mol. The van der Waals surface area contributed by atoms with E-state index in [1.807, 2.05) is 0 Å². The van der Waals surface area contributed by atoms with Crippen LogP contribution >= 0.6 is 15.9 Å². The van der Waals surface area contributed by atoms with Gasteiger partial charge in [-0.15, -0.1) is 0 Å². The molecule has 0 aromatic heterocycles. The van der Waals surface area contributed by atoms with Gasteiger partial charge in [0.15, 0.2) is 0 Å². The molecule has 0 amide bonds. The molecule has 0 fully saturated rings. The van der Waals surface area contributed by atoms with Crippen molar-refractivity contribution in [3.05, 3.63) is 38.3 Å². The topological polar surface area (TPSA) is 69.2 Å². The molecule has 0 heterocycles. The van der Waals surface area contributed by atoms with E-state index in [0.29, 0.717) is 0 Å². The third-order valence-corrected chi connectivity index (χ3v) is 2.23. The maximum Gasteiger partial charge on any atom is 0.285 e. The standard InChI is InChI=1S/C8H7BrF2N2O2/c9-6-1-5(8(10,11)4-12)2-7(3-6)13(14)15/h1-3H,4,12H2. The van der Waals surface area contributed by atoms with Crippen molar-refractivity contribution in [1.82, 2.24) is 0 Å². The molecule has 1 aromatic rings. The van der Waals surface area contributed by atoms with Gasteiger partial charge in [0.25, 0.3) is 11.6 Å². The van der Waals surface area contributed by atoms with Crippen LogP contribution in [0, 0.1) is 10.1 Å². The van der Waals surface area contributed by atoms with Gasteiger partial charge in [0, 0.05) is 22.2 Å². The molecule has 0 spiro atoms. The van der Waals surface area contributed by atoms with E-state index in [4.69, 9.17) is 5.73 Å². The van der Waals surface area contributed by atoms with Crippen LogP contribution in [0.3, 0.4) is 0 Å². The molecule has 0 saturated carbocycles. The van der Waals surface area contributed by atoms with Gasteiger partial charge in [0.2, 0.25) is 0 Å². The quantitative estimate of drug-likeness (QED) is 0.683. The Kier molecular flexibility index (Phi) is 3.35. The first-order valence-electron chi connectivity index (χ1n) is 3.90. The van der Waals surface area contributed by atoms with Gasteiger partial charge in [-0.25, -0.2) is 0 Å². The number of rotatable bonds is 3. The van der Waals surface area contributed by atoms with Gasteiger partial charge >= 0.3 is 0 Å². The van der Waals surface area contributed by atoms with Crippen LogP contribution < -0.4 is 5.73 Å². The average molecular weight is 281 g/mol. The minimum Gasteiger partial charge on any atom is -0.325 e. The van der Waals surface area contributed by atoms with E-state index in [2.05, 4.69) is 15.9 Å². The third-order valence-electron chi connectivity index (χ3n) is 1.77. The Bertz CT molecular complexity index is 398. The third kappa shape index (κ3) is 2.69. The molecule has 0 bridgehead atoms. The molecule has 0 atom stereocenters. The smallest absolute Gasteiger partial charge is 0.285 e. The van der Waals surface area contributed by atoms with Crippen LogP contribution in [-0.2, 0) is 5.92 Å². The second-order valence-corrected chi connectivity index (χ2v) is 3.78. The fraction of sp³-hybridized carbons (Fsp3) is 0.250. The fourth-order valence-corrected chi connectivity index (χ4v) is 1.49. The van der Waals surface area contributed by atoms with Crippen molar-refractivity contribution < 1.29 is 13.7 Å². The molecular formula is C8H7BrF2N2O2. The van der Waals surface area contributed by atoms with Gasteiger partial charge in [-0.2, -0.15) is 8.78 Å². The maximum atomic E-state index is 13.1. The molecule has 0 radical (unpaired) electrons. The highest BCUT2D eigenvalue weighted by Gasteiger charge is 2.31.